The summed E-state index contributed by atoms with van der Waals surface area (Å²) in [7, 11) is 2.09. The topological polar surface area (TPSA) is 41.0 Å². The predicted octanol–water partition coefficient (Wildman–Crippen LogP) is 2.35. The van der Waals surface area contributed by atoms with E-state index in [1.165, 1.54) is 19.3 Å². The fourth-order valence-corrected chi connectivity index (χ4v) is 2.43. The smallest absolute Gasteiger partial charge is 0.151 e. The van der Waals surface area contributed by atoms with Gasteiger partial charge in [0.05, 0.1) is 5.69 Å². The number of likely N-dealkylation sites (N-methyl/N-ethyl adjacent to an activating group) is 1. The van der Waals surface area contributed by atoms with E-state index in [-0.39, 0.29) is 5.41 Å². The molecule has 1 aliphatic rings. The Kier molecular flexibility index (Phi) is 4.40. The number of nitrogens with zero attached hydrogens (tertiary/aromatic N) is 3. The minimum atomic E-state index is 0.0645. The van der Waals surface area contributed by atoms with Gasteiger partial charge in [-0.1, -0.05) is 27.2 Å². The summed E-state index contributed by atoms with van der Waals surface area (Å²) in [5.41, 5.74) is 1.11. The van der Waals surface area contributed by atoms with Crippen molar-refractivity contribution in [2.24, 2.45) is 0 Å². The van der Waals surface area contributed by atoms with Gasteiger partial charge in [0.1, 0.15) is 0 Å². The van der Waals surface area contributed by atoms with Gasteiger partial charge in [-0.25, -0.2) is 0 Å². The van der Waals surface area contributed by atoms with Crippen molar-refractivity contribution in [1.82, 2.24) is 15.5 Å². The number of nitrogens with one attached hydrogen (secondary N) is 1. The highest BCUT2D eigenvalue weighted by Gasteiger charge is 2.18. The van der Waals surface area contributed by atoms with Gasteiger partial charge in [0.2, 0.25) is 0 Å². The van der Waals surface area contributed by atoms with Gasteiger partial charge < -0.3 is 10.2 Å². The molecule has 0 saturated carbocycles. The van der Waals surface area contributed by atoms with Crippen molar-refractivity contribution in [2.45, 2.75) is 51.5 Å². The summed E-state index contributed by atoms with van der Waals surface area (Å²) in [4.78, 5) is 2.20. The van der Waals surface area contributed by atoms with E-state index >= 15 is 0 Å². The largest absolute Gasteiger partial charge is 0.357 e. The molecule has 0 aromatic carbocycles. The van der Waals surface area contributed by atoms with Gasteiger partial charge in [-0.3, -0.25) is 0 Å². The average molecular weight is 262 g/mol. The maximum atomic E-state index is 4.36. The van der Waals surface area contributed by atoms with Gasteiger partial charge in [0, 0.05) is 25.0 Å². The van der Waals surface area contributed by atoms with E-state index in [0.717, 1.165) is 24.6 Å². The molecule has 0 aliphatic carbocycles. The van der Waals surface area contributed by atoms with Crippen LogP contribution in [0, 0.1) is 0 Å². The molecule has 1 atom stereocenters. The number of hydrogen-bond acceptors (Lipinski definition) is 4. The molecule has 1 unspecified atom stereocenters. The first kappa shape index (κ1) is 14.3. The Labute approximate surface area is 116 Å². The maximum absolute atomic E-state index is 4.36. The molecular formula is C15H26N4. The molecule has 0 amide bonds. The second-order valence-electron chi connectivity index (χ2n) is 6.55. The monoisotopic (exact) mass is 262 g/mol. The van der Waals surface area contributed by atoms with Crippen molar-refractivity contribution in [3.8, 4) is 0 Å². The second kappa shape index (κ2) is 5.87. The first-order valence-corrected chi connectivity index (χ1v) is 7.25. The van der Waals surface area contributed by atoms with Crippen LogP contribution in [-0.2, 0) is 5.41 Å². The number of piperidine rings is 1. The van der Waals surface area contributed by atoms with Gasteiger partial charge in [0.25, 0.3) is 0 Å². The third-order valence-corrected chi connectivity index (χ3v) is 3.72. The molecule has 1 N–H and O–H groups in total. The Morgan fingerprint density at radius 2 is 2.05 bits per heavy atom. The standard InChI is InChI=1S/C15H26N4/c1-15(2,3)13-8-9-14(18-17-13)19(4)11-12-7-5-6-10-16-12/h8-9,12,16H,5-7,10-11H2,1-4H3. The number of anilines is 1. The first-order chi connectivity index (χ1) is 8.97. The highest BCUT2D eigenvalue weighted by Crippen LogP contribution is 2.20. The molecule has 4 nitrogen and oxygen atoms in total. The minimum absolute atomic E-state index is 0.0645. The van der Waals surface area contributed by atoms with Crippen molar-refractivity contribution >= 4 is 5.82 Å². The third-order valence-electron chi connectivity index (χ3n) is 3.72. The fourth-order valence-electron chi connectivity index (χ4n) is 2.43. The molecule has 1 aromatic rings. The summed E-state index contributed by atoms with van der Waals surface area (Å²) in [6.07, 6.45) is 3.90. The quantitative estimate of drug-likeness (QED) is 0.908. The molecule has 0 radical (unpaired) electrons. The van der Waals surface area contributed by atoms with Gasteiger partial charge >= 0.3 is 0 Å². The minimum Gasteiger partial charge on any atom is -0.357 e. The fraction of sp³-hybridized carbons (Fsp3) is 0.733. The van der Waals surface area contributed by atoms with E-state index in [9.17, 15) is 0 Å². The van der Waals surface area contributed by atoms with E-state index < -0.39 is 0 Å². The van der Waals surface area contributed by atoms with Crippen molar-refractivity contribution in [1.29, 1.82) is 0 Å². The van der Waals surface area contributed by atoms with Crippen LogP contribution >= 0.6 is 0 Å². The van der Waals surface area contributed by atoms with Gasteiger partial charge in [-0.2, -0.15) is 5.10 Å². The summed E-state index contributed by atoms with van der Waals surface area (Å²) in [6.45, 7) is 8.63. The van der Waals surface area contributed by atoms with Crippen LogP contribution in [0.15, 0.2) is 12.1 Å². The van der Waals surface area contributed by atoms with Crippen LogP contribution in [0.2, 0.25) is 0 Å². The van der Waals surface area contributed by atoms with Crippen LogP contribution in [-0.4, -0.2) is 36.4 Å². The van der Waals surface area contributed by atoms with Crippen LogP contribution in [0.3, 0.4) is 0 Å². The highest BCUT2D eigenvalue weighted by atomic mass is 15.3. The molecule has 0 bridgehead atoms. The first-order valence-electron chi connectivity index (χ1n) is 7.25. The summed E-state index contributed by atoms with van der Waals surface area (Å²) >= 11 is 0. The van der Waals surface area contributed by atoms with E-state index in [1.54, 1.807) is 0 Å². The summed E-state index contributed by atoms with van der Waals surface area (Å²) in [5, 5.41) is 12.3. The Balaban J connectivity index is 1.97. The lowest BCUT2D eigenvalue weighted by atomic mass is 9.92. The molecule has 1 saturated heterocycles. The van der Waals surface area contributed by atoms with E-state index in [1.807, 2.05) is 0 Å². The second-order valence-corrected chi connectivity index (χ2v) is 6.55. The number of aromatic nitrogens is 2. The summed E-state index contributed by atoms with van der Waals surface area (Å²) in [6, 6.07) is 4.76. The SMILES string of the molecule is CN(CC1CCCCN1)c1ccc(C(C)(C)C)nn1. The molecule has 2 heterocycles. The molecule has 1 fully saturated rings. The summed E-state index contributed by atoms with van der Waals surface area (Å²) in [5.74, 6) is 0.959. The molecule has 2 rings (SSSR count). The molecule has 1 aromatic heterocycles. The van der Waals surface area contributed by atoms with Crippen LogP contribution in [0.4, 0.5) is 5.82 Å². The van der Waals surface area contributed by atoms with Crippen molar-refractivity contribution in [2.75, 3.05) is 25.0 Å². The van der Waals surface area contributed by atoms with E-state index in [4.69, 9.17) is 0 Å². The summed E-state index contributed by atoms with van der Waals surface area (Å²) < 4.78 is 0. The zero-order valence-electron chi connectivity index (χ0n) is 12.6. The molecule has 4 heteroatoms. The van der Waals surface area contributed by atoms with Crippen molar-refractivity contribution in [3.63, 3.8) is 0 Å². The molecular weight excluding hydrogens is 236 g/mol. The van der Waals surface area contributed by atoms with Crippen molar-refractivity contribution < 1.29 is 0 Å². The number of rotatable bonds is 3. The molecule has 0 spiro atoms. The molecule has 19 heavy (non-hydrogen) atoms. The van der Waals surface area contributed by atoms with Crippen molar-refractivity contribution in [3.05, 3.63) is 17.8 Å². The highest BCUT2D eigenvalue weighted by molar-refractivity contribution is 5.37. The third kappa shape index (κ3) is 3.90. The lowest BCUT2D eigenvalue weighted by molar-refractivity contribution is 0.402. The zero-order chi connectivity index (χ0) is 13.9. The van der Waals surface area contributed by atoms with Crippen LogP contribution in [0.5, 0.6) is 0 Å². The van der Waals surface area contributed by atoms with Gasteiger partial charge in [0.15, 0.2) is 5.82 Å². The zero-order valence-corrected chi connectivity index (χ0v) is 12.6. The lowest BCUT2D eigenvalue weighted by Crippen LogP contribution is -2.42. The van der Waals surface area contributed by atoms with Gasteiger partial charge in [-0.15, -0.1) is 5.10 Å². The molecule has 106 valence electrons. The average Bonchev–Trinajstić information content (AvgIpc) is 2.39. The Bertz CT molecular complexity index is 388. The Morgan fingerprint density at radius 3 is 2.58 bits per heavy atom. The Morgan fingerprint density at radius 1 is 1.26 bits per heavy atom. The van der Waals surface area contributed by atoms with Crippen LogP contribution in [0.25, 0.3) is 0 Å². The van der Waals surface area contributed by atoms with E-state index in [2.05, 4.69) is 60.4 Å². The molecule has 1 aliphatic heterocycles. The number of hydrogen-bond donors (Lipinski definition) is 1. The maximum Gasteiger partial charge on any atom is 0.151 e. The lowest BCUT2D eigenvalue weighted by Gasteiger charge is -2.28. The Hall–Kier alpha value is -1.16. The van der Waals surface area contributed by atoms with E-state index in [0.29, 0.717) is 6.04 Å². The predicted molar refractivity (Wildman–Crippen MR) is 79.6 cm³/mol. The van der Waals surface area contributed by atoms with Crippen LogP contribution < -0.4 is 10.2 Å². The van der Waals surface area contributed by atoms with Crippen LogP contribution in [0.1, 0.15) is 45.7 Å². The normalized spacial score (nSPS) is 20.3. The van der Waals surface area contributed by atoms with Gasteiger partial charge in [-0.05, 0) is 31.5 Å².